The van der Waals surface area contributed by atoms with Crippen LogP contribution in [0.5, 0.6) is 0 Å². The van der Waals surface area contributed by atoms with Gasteiger partial charge in [0, 0.05) is 0 Å². The van der Waals surface area contributed by atoms with Crippen LogP contribution in [-0.4, -0.2) is 40.0 Å². The lowest BCUT2D eigenvalue weighted by molar-refractivity contribution is -0.144. The molecule has 1 fully saturated rings. The molecule has 3 N–H and O–H groups in total. The molecule has 0 saturated heterocycles. The summed E-state index contributed by atoms with van der Waals surface area (Å²) in [6.07, 6.45) is -0.368. The molecule has 0 aliphatic heterocycles. The van der Waals surface area contributed by atoms with Crippen molar-refractivity contribution in [2.24, 2.45) is 5.92 Å². The number of nitrogens with one attached hydrogen (secondary N) is 1. The summed E-state index contributed by atoms with van der Waals surface area (Å²) in [4.78, 5) is 22.3. The third-order valence-electron chi connectivity index (χ3n) is 2.87. The van der Waals surface area contributed by atoms with E-state index in [0.29, 0.717) is 12.8 Å². The molecular weight excluding hydrogens is 238 g/mol. The highest BCUT2D eigenvalue weighted by molar-refractivity contribution is 5.70. The van der Waals surface area contributed by atoms with Crippen molar-refractivity contribution < 1.29 is 24.5 Å². The molecule has 1 aliphatic carbocycles. The molecule has 1 saturated carbocycles. The summed E-state index contributed by atoms with van der Waals surface area (Å²) in [7, 11) is 0. The zero-order valence-electron chi connectivity index (χ0n) is 11.0. The molecule has 0 aromatic carbocycles. The van der Waals surface area contributed by atoms with E-state index in [1.165, 1.54) is 0 Å². The van der Waals surface area contributed by atoms with Gasteiger partial charge >= 0.3 is 12.1 Å². The quantitative estimate of drug-likeness (QED) is 0.690. The van der Waals surface area contributed by atoms with Gasteiger partial charge in [0.05, 0.1) is 18.1 Å². The molecule has 104 valence electrons. The summed E-state index contributed by atoms with van der Waals surface area (Å²) in [6.45, 7) is 5.26. The highest BCUT2D eigenvalue weighted by atomic mass is 16.6. The minimum absolute atomic E-state index is 0.162. The summed E-state index contributed by atoms with van der Waals surface area (Å²) in [5.41, 5.74) is -0.590. The molecule has 1 aliphatic rings. The summed E-state index contributed by atoms with van der Waals surface area (Å²) in [5, 5.41) is 21.2. The van der Waals surface area contributed by atoms with Crippen molar-refractivity contribution in [1.82, 2.24) is 5.32 Å². The molecule has 18 heavy (non-hydrogen) atoms. The van der Waals surface area contributed by atoms with Crippen molar-refractivity contribution in [3.05, 3.63) is 0 Å². The number of carbonyl (C=O) groups is 2. The third kappa shape index (κ3) is 4.52. The van der Waals surface area contributed by atoms with Crippen LogP contribution in [0.2, 0.25) is 0 Å². The Hall–Kier alpha value is -1.30. The van der Waals surface area contributed by atoms with Gasteiger partial charge in [-0.25, -0.2) is 4.79 Å². The SMILES string of the molecule is CC(C)(C)OC(=O)NC1CCC(C(=O)O)CC1O. The Kier molecular flexibility index (Phi) is 4.56. The van der Waals surface area contributed by atoms with E-state index in [9.17, 15) is 14.7 Å². The molecule has 0 bridgehead atoms. The standard InChI is InChI=1S/C12H21NO5/c1-12(2,3)18-11(17)13-8-5-4-7(10(15)16)6-9(8)14/h7-9,14H,4-6H2,1-3H3,(H,13,17)(H,15,16). The second-order valence-corrected chi connectivity index (χ2v) is 5.67. The van der Waals surface area contributed by atoms with Gasteiger partial charge < -0.3 is 20.3 Å². The summed E-state index contributed by atoms with van der Waals surface area (Å²) in [5.74, 6) is -1.43. The molecule has 1 rings (SSSR count). The van der Waals surface area contributed by atoms with Crippen LogP contribution in [0.15, 0.2) is 0 Å². The molecule has 0 aromatic heterocycles. The molecular formula is C12H21NO5. The lowest BCUT2D eigenvalue weighted by Gasteiger charge is -2.32. The first-order valence-electron chi connectivity index (χ1n) is 6.09. The fraction of sp³-hybridized carbons (Fsp3) is 0.833. The van der Waals surface area contributed by atoms with Crippen molar-refractivity contribution in [3.63, 3.8) is 0 Å². The first kappa shape index (κ1) is 14.8. The molecule has 0 heterocycles. The molecule has 0 radical (unpaired) electrons. The van der Waals surface area contributed by atoms with E-state index >= 15 is 0 Å². The number of carboxylic acid groups (broad SMARTS) is 1. The minimum Gasteiger partial charge on any atom is -0.481 e. The average Bonchev–Trinajstić information content (AvgIpc) is 2.17. The summed E-state index contributed by atoms with van der Waals surface area (Å²) in [6, 6.07) is -0.435. The van der Waals surface area contributed by atoms with Gasteiger partial charge in [-0.2, -0.15) is 0 Å². The summed E-state index contributed by atoms with van der Waals surface area (Å²) < 4.78 is 5.09. The number of hydrogen-bond acceptors (Lipinski definition) is 4. The zero-order chi connectivity index (χ0) is 13.9. The van der Waals surface area contributed by atoms with E-state index in [0.717, 1.165) is 0 Å². The second-order valence-electron chi connectivity index (χ2n) is 5.67. The zero-order valence-corrected chi connectivity index (χ0v) is 11.0. The van der Waals surface area contributed by atoms with Crippen molar-refractivity contribution in [3.8, 4) is 0 Å². The van der Waals surface area contributed by atoms with Gasteiger partial charge in [-0.3, -0.25) is 4.79 Å². The van der Waals surface area contributed by atoms with Crippen LogP contribution in [0.1, 0.15) is 40.0 Å². The smallest absolute Gasteiger partial charge is 0.407 e. The normalized spacial score (nSPS) is 28.6. The van der Waals surface area contributed by atoms with Crippen LogP contribution in [0.25, 0.3) is 0 Å². The van der Waals surface area contributed by atoms with E-state index < -0.39 is 35.7 Å². The fourth-order valence-electron chi connectivity index (χ4n) is 2.00. The molecule has 1 amide bonds. The second kappa shape index (κ2) is 5.56. The van der Waals surface area contributed by atoms with E-state index in [1.54, 1.807) is 20.8 Å². The number of aliphatic hydroxyl groups is 1. The number of amides is 1. The van der Waals surface area contributed by atoms with Crippen LogP contribution < -0.4 is 5.32 Å². The van der Waals surface area contributed by atoms with Gasteiger partial charge in [0.2, 0.25) is 0 Å². The van der Waals surface area contributed by atoms with E-state index in [2.05, 4.69) is 5.32 Å². The molecule has 0 spiro atoms. The Morgan fingerprint density at radius 1 is 1.28 bits per heavy atom. The van der Waals surface area contributed by atoms with Crippen LogP contribution in [0, 0.1) is 5.92 Å². The highest BCUT2D eigenvalue weighted by Gasteiger charge is 2.34. The molecule has 3 atom stereocenters. The number of hydrogen-bond donors (Lipinski definition) is 3. The maximum Gasteiger partial charge on any atom is 0.407 e. The monoisotopic (exact) mass is 259 g/mol. The molecule has 0 aromatic rings. The lowest BCUT2D eigenvalue weighted by Crippen LogP contribution is -2.49. The highest BCUT2D eigenvalue weighted by Crippen LogP contribution is 2.25. The number of aliphatic hydroxyl groups excluding tert-OH is 1. The largest absolute Gasteiger partial charge is 0.481 e. The van der Waals surface area contributed by atoms with Crippen molar-refractivity contribution in [1.29, 1.82) is 0 Å². The van der Waals surface area contributed by atoms with Gasteiger partial charge in [-0.15, -0.1) is 0 Å². The number of carbonyl (C=O) groups excluding carboxylic acids is 1. The number of rotatable bonds is 2. The van der Waals surface area contributed by atoms with Gasteiger partial charge in [0.15, 0.2) is 0 Å². The fourth-order valence-corrected chi connectivity index (χ4v) is 2.00. The maximum atomic E-state index is 11.5. The van der Waals surface area contributed by atoms with E-state index in [-0.39, 0.29) is 6.42 Å². The predicted octanol–water partition coefficient (Wildman–Crippen LogP) is 1.13. The number of ether oxygens (including phenoxy) is 1. The Bertz CT molecular complexity index is 323. The molecule has 6 nitrogen and oxygen atoms in total. The Labute approximate surface area is 106 Å². The van der Waals surface area contributed by atoms with Crippen LogP contribution in [0.3, 0.4) is 0 Å². The first-order chi connectivity index (χ1) is 8.19. The number of carboxylic acids is 1. The van der Waals surface area contributed by atoms with Gasteiger partial charge in [-0.05, 0) is 40.0 Å². The number of alkyl carbamates (subject to hydrolysis) is 1. The molecule has 3 unspecified atom stereocenters. The predicted molar refractivity (Wildman–Crippen MR) is 64.1 cm³/mol. The third-order valence-corrected chi connectivity index (χ3v) is 2.87. The van der Waals surface area contributed by atoms with E-state index in [1.807, 2.05) is 0 Å². The number of aliphatic carboxylic acids is 1. The Morgan fingerprint density at radius 3 is 2.33 bits per heavy atom. The van der Waals surface area contributed by atoms with E-state index in [4.69, 9.17) is 9.84 Å². The van der Waals surface area contributed by atoms with Crippen LogP contribution in [0.4, 0.5) is 4.79 Å². The minimum atomic E-state index is -0.898. The van der Waals surface area contributed by atoms with Crippen molar-refractivity contribution >= 4 is 12.1 Å². The lowest BCUT2D eigenvalue weighted by atomic mass is 9.84. The first-order valence-corrected chi connectivity index (χ1v) is 6.09. The summed E-state index contributed by atoms with van der Waals surface area (Å²) >= 11 is 0. The average molecular weight is 259 g/mol. The Morgan fingerprint density at radius 2 is 1.89 bits per heavy atom. The van der Waals surface area contributed by atoms with Gasteiger partial charge in [0.25, 0.3) is 0 Å². The van der Waals surface area contributed by atoms with Crippen LogP contribution in [-0.2, 0) is 9.53 Å². The Balaban J connectivity index is 2.45. The van der Waals surface area contributed by atoms with Crippen molar-refractivity contribution in [2.75, 3.05) is 0 Å². The molecule has 6 heteroatoms. The van der Waals surface area contributed by atoms with Crippen LogP contribution >= 0.6 is 0 Å². The maximum absolute atomic E-state index is 11.5. The van der Waals surface area contributed by atoms with Gasteiger partial charge in [0.1, 0.15) is 5.60 Å². The van der Waals surface area contributed by atoms with Crippen molar-refractivity contribution in [2.45, 2.75) is 57.8 Å². The van der Waals surface area contributed by atoms with Gasteiger partial charge in [-0.1, -0.05) is 0 Å². The topological polar surface area (TPSA) is 95.9 Å².